The Morgan fingerprint density at radius 3 is 2.58 bits per heavy atom. The number of hydrogen-bond acceptors (Lipinski definition) is 4. The van der Waals surface area contributed by atoms with Gasteiger partial charge in [0.2, 0.25) is 5.88 Å². The number of amides is 2. The number of aromatic nitrogens is 1. The van der Waals surface area contributed by atoms with Crippen LogP contribution < -0.4 is 15.4 Å². The third-order valence-electron chi connectivity index (χ3n) is 2.25. The average molecular weight is 267 g/mol. The van der Waals surface area contributed by atoms with Gasteiger partial charge >= 0.3 is 12.0 Å². The second-order valence-electron chi connectivity index (χ2n) is 4.33. The Morgan fingerprint density at radius 1 is 1.42 bits per heavy atom. The summed E-state index contributed by atoms with van der Waals surface area (Å²) in [6.07, 6.45) is 1.43. The summed E-state index contributed by atoms with van der Waals surface area (Å²) in [5.74, 6) is -0.660. The Labute approximate surface area is 111 Å². The molecule has 1 aromatic heterocycles. The lowest BCUT2D eigenvalue weighted by atomic mass is 10.1. The molecule has 0 aromatic carbocycles. The topological polar surface area (TPSA) is 101 Å². The van der Waals surface area contributed by atoms with E-state index >= 15 is 0 Å². The highest BCUT2D eigenvalue weighted by Crippen LogP contribution is 2.11. The summed E-state index contributed by atoms with van der Waals surface area (Å²) in [5.41, 5.74) is -0.898. The molecule has 19 heavy (non-hydrogen) atoms. The molecule has 1 heterocycles. The van der Waals surface area contributed by atoms with E-state index in [0.29, 0.717) is 18.2 Å². The van der Waals surface area contributed by atoms with Gasteiger partial charge in [-0.1, -0.05) is 0 Å². The Hall–Kier alpha value is -2.31. The minimum atomic E-state index is -1.34. The summed E-state index contributed by atoms with van der Waals surface area (Å²) < 4.78 is 5.16. The van der Waals surface area contributed by atoms with E-state index in [0.717, 1.165) is 0 Å². The number of nitrogens with zero attached hydrogens (tertiary/aromatic N) is 1. The SMILES string of the molecule is CCOc1ccc(NC(=O)NC(C)(C)C(=O)O)cn1. The molecule has 0 spiro atoms. The third kappa shape index (κ3) is 4.46. The molecule has 0 aliphatic carbocycles. The fraction of sp³-hybridized carbons (Fsp3) is 0.417. The van der Waals surface area contributed by atoms with Crippen molar-refractivity contribution in [1.82, 2.24) is 10.3 Å². The largest absolute Gasteiger partial charge is 0.480 e. The van der Waals surface area contributed by atoms with Crippen LogP contribution in [0.25, 0.3) is 0 Å². The van der Waals surface area contributed by atoms with Gasteiger partial charge in [-0.05, 0) is 26.8 Å². The van der Waals surface area contributed by atoms with E-state index < -0.39 is 17.5 Å². The van der Waals surface area contributed by atoms with Crippen LogP contribution in [0.15, 0.2) is 18.3 Å². The molecule has 1 aromatic rings. The van der Waals surface area contributed by atoms with E-state index in [9.17, 15) is 9.59 Å². The minimum absolute atomic E-state index is 0.446. The highest BCUT2D eigenvalue weighted by atomic mass is 16.5. The minimum Gasteiger partial charge on any atom is -0.480 e. The number of carbonyl (C=O) groups excluding carboxylic acids is 1. The molecule has 0 saturated carbocycles. The molecule has 104 valence electrons. The van der Waals surface area contributed by atoms with E-state index in [1.807, 2.05) is 6.92 Å². The number of carboxylic acid groups (broad SMARTS) is 1. The van der Waals surface area contributed by atoms with E-state index in [-0.39, 0.29) is 0 Å². The number of carboxylic acids is 1. The first-order valence-electron chi connectivity index (χ1n) is 5.76. The normalized spacial score (nSPS) is 10.7. The van der Waals surface area contributed by atoms with Crippen molar-refractivity contribution < 1.29 is 19.4 Å². The van der Waals surface area contributed by atoms with Crippen molar-refractivity contribution in [3.8, 4) is 5.88 Å². The van der Waals surface area contributed by atoms with Crippen LogP contribution in [-0.2, 0) is 4.79 Å². The van der Waals surface area contributed by atoms with Crippen molar-refractivity contribution >= 4 is 17.7 Å². The number of carbonyl (C=O) groups is 2. The van der Waals surface area contributed by atoms with Gasteiger partial charge in [0, 0.05) is 6.07 Å². The number of anilines is 1. The van der Waals surface area contributed by atoms with Gasteiger partial charge in [0.15, 0.2) is 0 Å². The first-order chi connectivity index (χ1) is 8.85. The molecule has 0 unspecified atom stereocenters. The maximum atomic E-state index is 11.6. The van der Waals surface area contributed by atoms with Crippen molar-refractivity contribution in [1.29, 1.82) is 0 Å². The molecule has 3 N–H and O–H groups in total. The third-order valence-corrected chi connectivity index (χ3v) is 2.25. The summed E-state index contributed by atoms with van der Waals surface area (Å²) in [6.45, 7) is 5.14. The highest BCUT2D eigenvalue weighted by molar-refractivity contribution is 5.93. The van der Waals surface area contributed by atoms with Crippen LogP contribution in [0.1, 0.15) is 20.8 Å². The maximum absolute atomic E-state index is 11.6. The van der Waals surface area contributed by atoms with Crippen LogP contribution in [0.2, 0.25) is 0 Å². The predicted octanol–water partition coefficient (Wildman–Crippen LogP) is 1.47. The quantitative estimate of drug-likeness (QED) is 0.750. The second kappa shape index (κ2) is 6.03. The monoisotopic (exact) mass is 267 g/mol. The van der Waals surface area contributed by atoms with Crippen LogP contribution in [-0.4, -0.2) is 34.2 Å². The molecule has 1 rings (SSSR count). The fourth-order valence-corrected chi connectivity index (χ4v) is 1.19. The van der Waals surface area contributed by atoms with Gasteiger partial charge in [0.25, 0.3) is 0 Å². The van der Waals surface area contributed by atoms with E-state index in [4.69, 9.17) is 9.84 Å². The molecular weight excluding hydrogens is 250 g/mol. The lowest BCUT2D eigenvalue weighted by molar-refractivity contribution is -0.142. The van der Waals surface area contributed by atoms with Crippen molar-refractivity contribution in [2.24, 2.45) is 0 Å². The average Bonchev–Trinajstić information content (AvgIpc) is 2.31. The number of urea groups is 1. The number of pyridine rings is 1. The van der Waals surface area contributed by atoms with Gasteiger partial charge in [-0.2, -0.15) is 0 Å². The molecule has 0 aliphatic heterocycles. The first kappa shape index (κ1) is 14.7. The molecule has 7 heteroatoms. The Balaban J connectivity index is 2.60. The summed E-state index contributed by atoms with van der Waals surface area (Å²) >= 11 is 0. The van der Waals surface area contributed by atoms with E-state index in [1.54, 1.807) is 12.1 Å². The van der Waals surface area contributed by atoms with Gasteiger partial charge in [0.05, 0.1) is 18.5 Å². The van der Waals surface area contributed by atoms with Crippen LogP contribution in [0.5, 0.6) is 5.88 Å². The standard InChI is InChI=1S/C12H17N3O4/c1-4-19-9-6-5-8(7-13-9)14-11(18)15-12(2,3)10(16)17/h5-7H,4H2,1-3H3,(H,16,17)(H2,14,15,18). The van der Waals surface area contributed by atoms with E-state index in [2.05, 4.69) is 15.6 Å². The van der Waals surface area contributed by atoms with Gasteiger partial charge < -0.3 is 20.5 Å². The molecule has 7 nitrogen and oxygen atoms in total. The summed E-state index contributed by atoms with van der Waals surface area (Å²) in [5, 5.41) is 13.7. The van der Waals surface area contributed by atoms with Crippen LogP contribution in [0.4, 0.5) is 10.5 Å². The van der Waals surface area contributed by atoms with Crippen LogP contribution in [0.3, 0.4) is 0 Å². The van der Waals surface area contributed by atoms with E-state index in [1.165, 1.54) is 20.0 Å². The fourth-order valence-electron chi connectivity index (χ4n) is 1.19. The van der Waals surface area contributed by atoms with Crippen molar-refractivity contribution in [2.75, 3.05) is 11.9 Å². The summed E-state index contributed by atoms with van der Waals surface area (Å²) in [6, 6.07) is 2.62. The second-order valence-corrected chi connectivity index (χ2v) is 4.33. The van der Waals surface area contributed by atoms with Crippen LogP contribution in [0, 0.1) is 0 Å². The first-order valence-corrected chi connectivity index (χ1v) is 5.76. The zero-order valence-electron chi connectivity index (χ0n) is 11.1. The Morgan fingerprint density at radius 2 is 2.11 bits per heavy atom. The molecule has 0 radical (unpaired) electrons. The number of aliphatic carboxylic acids is 1. The molecule has 0 bridgehead atoms. The van der Waals surface area contributed by atoms with Gasteiger partial charge in [-0.3, -0.25) is 0 Å². The lowest BCUT2D eigenvalue weighted by Gasteiger charge is -2.21. The molecule has 0 fully saturated rings. The number of nitrogens with one attached hydrogen (secondary N) is 2. The van der Waals surface area contributed by atoms with Crippen molar-refractivity contribution in [2.45, 2.75) is 26.3 Å². The number of rotatable bonds is 5. The highest BCUT2D eigenvalue weighted by Gasteiger charge is 2.28. The molecule has 0 atom stereocenters. The van der Waals surface area contributed by atoms with Crippen LogP contribution >= 0.6 is 0 Å². The zero-order chi connectivity index (χ0) is 14.5. The Kier molecular flexibility index (Phi) is 4.68. The molecule has 0 saturated heterocycles. The predicted molar refractivity (Wildman–Crippen MR) is 69.3 cm³/mol. The number of ether oxygens (including phenoxy) is 1. The smallest absolute Gasteiger partial charge is 0.328 e. The van der Waals surface area contributed by atoms with Gasteiger partial charge in [-0.25, -0.2) is 14.6 Å². The molecule has 2 amide bonds. The molecular formula is C12H17N3O4. The molecule has 0 aliphatic rings. The maximum Gasteiger partial charge on any atom is 0.328 e. The van der Waals surface area contributed by atoms with Crippen molar-refractivity contribution in [3.05, 3.63) is 18.3 Å². The van der Waals surface area contributed by atoms with Crippen molar-refractivity contribution in [3.63, 3.8) is 0 Å². The van der Waals surface area contributed by atoms with Gasteiger partial charge in [-0.15, -0.1) is 0 Å². The summed E-state index contributed by atoms with van der Waals surface area (Å²) in [7, 11) is 0. The lowest BCUT2D eigenvalue weighted by Crippen LogP contribution is -2.51. The zero-order valence-corrected chi connectivity index (χ0v) is 11.1. The van der Waals surface area contributed by atoms with Gasteiger partial charge in [0.1, 0.15) is 5.54 Å². The summed E-state index contributed by atoms with van der Waals surface area (Å²) in [4.78, 5) is 26.4. The Bertz CT molecular complexity index is 457. The number of hydrogen-bond donors (Lipinski definition) is 3.